The van der Waals surface area contributed by atoms with Gasteiger partial charge in [-0.2, -0.15) is 0 Å². The highest BCUT2D eigenvalue weighted by Crippen LogP contribution is 2.39. The van der Waals surface area contributed by atoms with E-state index in [-0.39, 0.29) is 23.9 Å². The van der Waals surface area contributed by atoms with Gasteiger partial charge in [0.15, 0.2) is 9.84 Å². The minimum Gasteiger partial charge on any atom is -0.508 e. The lowest BCUT2D eigenvalue weighted by atomic mass is 9.75. The number of hydrogen-bond donors (Lipinski definition) is 2. The van der Waals surface area contributed by atoms with Crippen LogP contribution in [0.2, 0.25) is 6.32 Å². The molecular weight excluding hydrogens is 339 g/mol. The molecule has 2 aliphatic rings. The van der Waals surface area contributed by atoms with E-state index in [2.05, 4.69) is 0 Å². The van der Waals surface area contributed by atoms with Gasteiger partial charge in [-0.15, -0.1) is 0 Å². The molecule has 1 saturated heterocycles. The third kappa shape index (κ3) is 3.99. The first-order chi connectivity index (χ1) is 11.8. The van der Waals surface area contributed by atoms with Crippen molar-refractivity contribution in [2.75, 3.05) is 5.75 Å². The lowest BCUT2D eigenvalue weighted by Crippen LogP contribution is -2.41. The van der Waals surface area contributed by atoms with Gasteiger partial charge in [0.2, 0.25) is 0 Å². The molecule has 2 heterocycles. The number of aromatic hydroxyl groups is 1. The molecule has 0 saturated carbocycles. The van der Waals surface area contributed by atoms with E-state index < -0.39 is 22.2 Å². The van der Waals surface area contributed by atoms with Gasteiger partial charge in [0.05, 0.1) is 17.1 Å². The average molecular weight is 362 g/mol. The van der Waals surface area contributed by atoms with E-state index in [0.717, 1.165) is 28.7 Å². The average Bonchev–Trinajstić information content (AvgIpc) is 2.74. The highest BCUT2D eigenvalue weighted by molar-refractivity contribution is 7.92. The minimum absolute atomic E-state index is 0.0672. The number of allylic oxidation sites excluding steroid dienone is 1. The highest BCUT2D eigenvalue weighted by atomic mass is 32.2. The van der Waals surface area contributed by atoms with Crippen LogP contribution in [0.15, 0.2) is 41.0 Å². The summed E-state index contributed by atoms with van der Waals surface area (Å²) >= 11 is 0. The molecule has 2 aliphatic heterocycles. The Labute approximate surface area is 149 Å². The summed E-state index contributed by atoms with van der Waals surface area (Å²) in [6.45, 7) is 3.84. The fraction of sp³-hybridized carbons (Fsp3) is 0.444. The second-order valence-electron chi connectivity index (χ2n) is 6.97. The topological polar surface area (TPSA) is 83.8 Å². The van der Waals surface area contributed by atoms with Gasteiger partial charge in [-0.3, -0.25) is 0 Å². The van der Waals surface area contributed by atoms with Crippen LogP contribution in [0.4, 0.5) is 0 Å². The van der Waals surface area contributed by atoms with Gasteiger partial charge in [0.25, 0.3) is 0 Å². The Hall–Kier alpha value is -1.57. The molecule has 0 radical (unpaired) electrons. The number of hydrogen-bond acceptors (Lipinski definition) is 5. The molecule has 2 atom stereocenters. The largest absolute Gasteiger partial charge is 0.508 e. The molecule has 5 nitrogen and oxygen atoms in total. The van der Waals surface area contributed by atoms with Crippen LogP contribution in [0.5, 0.6) is 5.75 Å². The van der Waals surface area contributed by atoms with Crippen LogP contribution in [0.1, 0.15) is 32.3 Å². The molecule has 3 rings (SSSR count). The summed E-state index contributed by atoms with van der Waals surface area (Å²) in [6, 6.07) is 7.02. The Morgan fingerprint density at radius 1 is 1.44 bits per heavy atom. The summed E-state index contributed by atoms with van der Waals surface area (Å²) in [5, 5.41) is 18.9. The van der Waals surface area contributed by atoms with Gasteiger partial charge >= 0.3 is 7.12 Å². The van der Waals surface area contributed by atoms with E-state index in [1.807, 2.05) is 26.0 Å². The van der Waals surface area contributed by atoms with Crippen molar-refractivity contribution in [3.63, 3.8) is 0 Å². The molecule has 0 bridgehead atoms. The summed E-state index contributed by atoms with van der Waals surface area (Å²) in [4.78, 5) is 0. The van der Waals surface area contributed by atoms with Crippen LogP contribution in [0.3, 0.4) is 0 Å². The first-order valence-corrected chi connectivity index (χ1v) is 10.2. The smallest absolute Gasteiger partial charge is 0.456 e. The monoisotopic (exact) mass is 362 g/mol. The molecule has 1 aromatic carbocycles. The van der Waals surface area contributed by atoms with E-state index in [4.69, 9.17) is 4.65 Å². The predicted octanol–water partition coefficient (Wildman–Crippen LogP) is 2.57. The van der Waals surface area contributed by atoms with Crippen molar-refractivity contribution in [1.29, 1.82) is 0 Å². The third-order valence-corrected chi connectivity index (χ3v) is 7.01. The van der Waals surface area contributed by atoms with Crippen LogP contribution in [-0.4, -0.2) is 42.8 Å². The molecule has 0 aliphatic carbocycles. The summed E-state index contributed by atoms with van der Waals surface area (Å²) in [5.41, 5.74) is 3.72. The van der Waals surface area contributed by atoms with Crippen molar-refractivity contribution in [2.24, 2.45) is 0 Å². The number of benzene rings is 1. The van der Waals surface area contributed by atoms with Gasteiger partial charge < -0.3 is 14.8 Å². The normalized spacial score (nSPS) is 26.0. The van der Waals surface area contributed by atoms with Crippen molar-refractivity contribution >= 4 is 23.0 Å². The fourth-order valence-electron chi connectivity index (χ4n) is 3.76. The Balaban J connectivity index is 1.73. The maximum absolute atomic E-state index is 12.3. The number of fused-ring (bicyclic) bond motifs is 1. The van der Waals surface area contributed by atoms with Crippen molar-refractivity contribution in [2.45, 2.75) is 44.4 Å². The summed E-state index contributed by atoms with van der Waals surface area (Å²) in [5.74, 6) is 0.289. The first-order valence-electron chi connectivity index (χ1n) is 8.47. The maximum atomic E-state index is 12.3. The zero-order valence-electron chi connectivity index (χ0n) is 14.5. The highest BCUT2D eigenvalue weighted by Gasteiger charge is 2.47. The molecule has 7 heteroatoms. The SMILES string of the molecule is CC1=C2[C@@H](CC/C(C)=C/c3cccc(O)c3)OB(O)C[C@@H]2S(=O)(=O)C1. The Morgan fingerprint density at radius 3 is 2.92 bits per heavy atom. The molecule has 134 valence electrons. The molecule has 1 fully saturated rings. The minimum atomic E-state index is -3.21. The molecular formula is C18H23BO5S. The second kappa shape index (κ2) is 6.98. The van der Waals surface area contributed by atoms with Crippen LogP contribution in [-0.2, 0) is 14.5 Å². The zero-order chi connectivity index (χ0) is 18.2. The molecule has 1 aromatic rings. The van der Waals surface area contributed by atoms with E-state index in [1.165, 1.54) is 0 Å². The van der Waals surface area contributed by atoms with Crippen LogP contribution in [0.25, 0.3) is 6.08 Å². The first kappa shape index (κ1) is 18.2. The summed E-state index contributed by atoms with van der Waals surface area (Å²) in [7, 11) is -4.24. The molecule has 2 N–H and O–H groups in total. The third-order valence-electron chi connectivity index (χ3n) is 4.86. The number of rotatable bonds is 4. The second-order valence-corrected chi connectivity index (χ2v) is 9.15. The van der Waals surface area contributed by atoms with Gasteiger partial charge in [0.1, 0.15) is 5.75 Å². The molecule has 0 amide bonds. The molecule has 0 unspecified atom stereocenters. The number of phenols is 1. The van der Waals surface area contributed by atoms with Crippen molar-refractivity contribution in [3.05, 3.63) is 46.5 Å². The lowest BCUT2D eigenvalue weighted by Gasteiger charge is -2.31. The van der Waals surface area contributed by atoms with Crippen LogP contribution < -0.4 is 0 Å². The predicted molar refractivity (Wildman–Crippen MR) is 98.9 cm³/mol. The Kier molecular flexibility index (Phi) is 5.09. The van der Waals surface area contributed by atoms with E-state index in [0.29, 0.717) is 6.42 Å². The number of sulfone groups is 1. The van der Waals surface area contributed by atoms with Crippen LogP contribution in [0, 0.1) is 0 Å². The van der Waals surface area contributed by atoms with Crippen molar-refractivity contribution < 1.29 is 23.2 Å². The van der Waals surface area contributed by atoms with Gasteiger partial charge in [0, 0.05) is 6.32 Å². The Morgan fingerprint density at radius 2 is 2.20 bits per heavy atom. The lowest BCUT2D eigenvalue weighted by molar-refractivity contribution is 0.170. The summed E-state index contributed by atoms with van der Waals surface area (Å²) < 4.78 is 30.2. The van der Waals surface area contributed by atoms with Gasteiger partial charge in [-0.05, 0) is 50.0 Å². The maximum Gasteiger partial charge on any atom is 0.456 e. The van der Waals surface area contributed by atoms with Crippen LogP contribution >= 0.6 is 0 Å². The van der Waals surface area contributed by atoms with E-state index in [1.54, 1.807) is 18.2 Å². The van der Waals surface area contributed by atoms with Gasteiger partial charge in [-0.1, -0.05) is 29.4 Å². The van der Waals surface area contributed by atoms with Crippen molar-refractivity contribution in [1.82, 2.24) is 0 Å². The van der Waals surface area contributed by atoms with Gasteiger partial charge in [-0.25, -0.2) is 8.42 Å². The molecule has 0 spiro atoms. The quantitative estimate of drug-likeness (QED) is 0.635. The standard InChI is InChI=1S/C18H23BO5S/c1-12(8-14-4-3-5-15(20)9-14)6-7-16-18-13(2)11-25(22,23)17(18)10-19(21)24-16/h3-5,8-9,16-17,20-21H,6-7,10-11H2,1-2H3/b12-8+/t16-,17+/m1/s1. The van der Waals surface area contributed by atoms with E-state index in [9.17, 15) is 18.5 Å². The Bertz CT molecular complexity index is 828. The van der Waals surface area contributed by atoms with Crippen molar-refractivity contribution in [3.8, 4) is 5.75 Å². The molecule has 0 aromatic heterocycles. The fourth-order valence-corrected chi connectivity index (χ4v) is 5.93. The van der Waals surface area contributed by atoms with E-state index >= 15 is 0 Å². The molecule has 25 heavy (non-hydrogen) atoms. The zero-order valence-corrected chi connectivity index (χ0v) is 15.3. The summed E-state index contributed by atoms with van der Waals surface area (Å²) in [6.07, 6.45) is 3.10. The number of phenolic OH excluding ortho intramolecular Hbond substituents is 1.